The van der Waals surface area contributed by atoms with Crippen molar-refractivity contribution in [2.75, 3.05) is 13.7 Å². The second-order valence-corrected chi connectivity index (χ2v) is 6.90. The molecule has 1 aliphatic rings. The molecule has 1 heterocycles. The smallest absolute Gasteiger partial charge is 0.271 e. The summed E-state index contributed by atoms with van der Waals surface area (Å²) < 4.78 is 5.34. The molecule has 2 N–H and O–H groups in total. The van der Waals surface area contributed by atoms with E-state index in [0.29, 0.717) is 11.6 Å². The van der Waals surface area contributed by atoms with Crippen molar-refractivity contribution in [2.45, 2.75) is 25.3 Å². The Kier molecular flexibility index (Phi) is 4.37. The fourth-order valence-electron chi connectivity index (χ4n) is 2.64. The van der Waals surface area contributed by atoms with Crippen LogP contribution in [0, 0.1) is 5.92 Å². The Balaban J connectivity index is 1.80. The fourth-order valence-corrected chi connectivity index (χ4v) is 3.47. The largest absolute Gasteiger partial charge is 0.496 e. The van der Waals surface area contributed by atoms with Crippen molar-refractivity contribution in [1.82, 2.24) is 10.3 Å². The SMILES string of the molecule is COc1ccccc1-c1nc(C(=O)NC(C)(CO)C2CC2)cs1. The van der Waals surface area contributed by atoms with E-state index in [1.807, 2.05) is 31.2 Å². The number of methoxy groups -OCH3 is 1. The van der Waals surface area contributed by atoms with Crippen LogP contribution in [-0.2, 0) is 0 Å². The highest BCUT2D eigenvalue weighted by Crippen LogP contribution is 2.39. The zero-order valence-corrected chi connectivity index (χ0v) is 14.0. The minimum Gasteiger partial charge on any atom is -0.496 e. The predicted octanol–water partition coefficient (Wildman–Crippen LogP) is 2.71. The van der Waals surface area contributed by atoms with E-state index in [1.165, 1.54) is 11.3 Å². The molecular formula is C17H20N2O3S. The molecule has 1 amide bonds. The molecule has 0 spiro atoms. The van der Waals surface area contributed by atoms with Crippen molar-refractivity contribution < 1.29 is 14.6 Å². The van der Waals surface area contributed by atoms with Crippen LogP contribution in [-0.4, -0.2) is 35.3 Å². The summed E-state index contributed by atoms with van der Waals surface area (Å²) in [6.07, 6.45) is 2.09. The van der Waals surface area contributed by atoms with Crippen LogP contribution < -0.4 is 10.1 Å². The van der Waals surface area contributed by atoms with Crippen LogP contribution in [0.5, 0.6) is 5.75 Å². The lowest BCUT2D eigenvalue weighted by Crippen LogP contribution is -2.50. The second kappa shape index (κ2) is 6.29. The number of aliphatic hydroxyl groups is 1. The van der Waals surface area contributed by atoms with Gasteiger partial charge in [-0.3, -0.25) is 4.79 Å². The number of benzene rings is 1. The van der Waals surface area contributed by atoms with Crippen LogP contribution in [0.2, 0.25) is 0 Å². The number of carbonyl (C=O) groups is 1. The Labute approximate surface area is 139 Å². The summed E-state index contributed by atoms with van der Waals surface area (Å²) in [5.74, 6) is 0.835. The number of hydrogen-bond acceptors (Lipinski definition) is 5. The first-order chi connectivity index (χ1) is 11.1. The summed E-state index contributed by atoms with van der Waals surface area (Å²) in [5, 5.41) is 15.0. The van der Waals surface area contributed by atoms with Gasteiger partial charge in [-0.15, -0.1) is 11.3 Å². The molecule has 122 valence electrons. The second-order valence-electron chi connectivity index (χ2n) is 6.04. The first-order valence-electron chi connectivity index (χ1n) is 7.59. The van der Waals surface area contributed by atoms with E-state index in [0.717, 1.165) is 29.2 Å². The molecule has 0 aliphatic heterocycles. The quantitative estimate of drug-likeness (QED) is 0.853. The van der Waals surface area contributed by atoms with E-state index in [-0.39, 0.29) is 12.5 Å². The van der Waals surface area contributed by atoms with E-state index in [4.69, 9.17) is 4.74 Å². The van der Waals surface area contributed by atoms with E-state index < -0.39 is 5.54 Å². The molecule has 0 saturated heterocycles. The third kappa shape index (κ3) is 3.23. The van der Waals surface area contributed by atoms with Crippen molar-refractivity contribution in [3.8, 4) is 16.3 Å². The van der Waals surface area contributed by atoms with Gasteiger partial charge in [-0.1, -0.05) is 12.1 Å². The highest BCUT2D eigenvalue weighted by Gasteiger charge is 2.42. The number of amides is 1. The maximum atomic E-state index is 12.4. The summed E-state index contributed by atoms with van der Waals surface area (Å²) >= 11 is 1.40. The fraction of sp³-hybridized carbons (Fsp3) is 0.412. The summed E-state index contributed by atoms with van der Waals surface area (Å²) in [7, 11) is 1.61. The van der Waals surface area contributed by atoms with Crippen LogP contribution >= 0.6 is 11.3 Å². The molecule has 1 aromatic carbocycles. The zero-order valence-electron chi connectivity index (χ0n) is 13.2. The lowest BCUT2D eigenvalue weighted by Gasteiger charge is -2.28. The van der Waals surface area contributed by atoms with Gasteiger partial charge < -0.3 is 15.2 Å². The number of thiazole rings is 1. The number of para-hydroxylation sites is 1. The number of hydrogen-bond donors (Lipinski definition) is 2. The van der Waals surface area contributed by atoms with Crippen molar-refractivity contribution in [3.63, 3.8) is 0 Å². The Morgan fingerprint density at radius 1 is 1.48 bits per heavy atom. The van der Waals surface area contributed by atoms with Gasteiger partial charge in [0.05, 0.1) is 24.8 Å². The molecule has 1 unspecified atom stereocenters. The molecule has 23 heavy (non-hydrogen) atoms. The third-order valence-electron chi connectivity index (χ3n) is 4.28. The number of rotatable bonds is 6. The highest BCUT2D eigenvalue weighted by atomic mass is 32.1. The average Bonchev–Trinajstić information content (AvgIpc) is 3.32. The van der Waals surface area contributed by atoms with Gasteiger partial charge in [0.1, 0.15) is 16.5 Å². The third-order valence-corrected chi connectivity index (χ3v) is 5.16. The molecular weight excluding hydrogens is 312 g/mol. The van der Waals surface area contributed by atoms with Crippen molar-refractivity contribution in [3.05, 3.63) is 35.3 Å². The normalized spacial score (nSPS) is 16.7. The Morgan fingerprint density at radius 3 is 2.87 bits per heavy atom. The van der Waals surface area contributed by atoms with Gasteiger partial charge in [0.15, 0.2) is 0 Å². The number of aliphatic hydroxyl groups excluding tert-OH is 1. The molecule has 3 rings (SSSR count). The number of nitrogens with zero attached hydrogens (tertiary/aromatic N) is 1. The van der Waals surface area contributed by atoms with Crippen LogP contribution in [0.3, 0.4) is 0 Å². The molecule has 0 radical (unpaired) electrons. The van der Waals surface area contributed by atoms with Gasteiger partial charge >= 0.3 is 0 Å². The highest BCUT2D eigenvalue weighted by molar-refractivity contribution is 7.13. The Hall–Kier alpha value is -1.92. The average molecular weight is 332 g/mol. The Bertz CT molecular complexity index is 711. The summed E-state index contributed by atoms with van der Waals surface area (Å²) in [6, 6.07) is 7.59. The standard InChI is InChI=1S/C17H20N2O3S/c1-17(10-20,11-7-8-11)19-15(21)13-9-23-16(18-13)12-5-3-4-6-14(12)22-2/h3-6,9,11,20H,7-8,10H2,1-2H3,(H,19,21). The van der Waals surface area contributed by atoms with Gasteiger partial charge in [0.2, 0.25) is 0 Å². The van der Waals surface area contributed by atoms with E-state index in [9.17, 15) is 9.90 Å². The number of ether oxygens (including phenoxy) is 1. The van der Waals surface area contributed by atoms with Crippen LogP contribution in [0.25, 0.3) is 10.6 Å². The lowest BCUT2D eigenvalue weighted by atomic mass is 9.97. The van der Waals surface area contributed by atoms with Gasteiger partial charge in [0, 0.05) is 5.38 Å². The van der Waals surface area contributed by atoms with E-state index in [2.05, 4.69) is 10.3 Å². The molecule has 5 nitrogen and oxygen atoms in total. The first-order valence-corrected chi connectivity index (χ1v) is 8.47. The zero-order chi connectivity index (χ0) is 16.4. The summed E-state index contributed by atoms with van der Waals surface area (Å²) in [6.45, 7) is 1.82. The maximum Gasteiger partial charge on any atom is 0.271 e. The van der Waals surface area contributed by atoms with Crippen molar-refractivity contribution in [1.29, 1.82) is 0 Å². The lowest BCUT2D eigenvalue weighted by molar-refractivity contribution is 0.0820. The van der Waals surface area contributed by atoms with E-state index in [1.54, 1.807) is 12.5 Å². The minimum atomic E-state index is -0.564. The van der Waals surface area contributed by atoms with Gasteiger partial charge in [-0.2, -0.15) is 0 Å². The van der Waals surface area contributed by atoms with Gasteiger partial charge in [0.25, 0.3) is 5.91 Å². The topological polar surface area (TPSA) is 71.5 Å². The van der Waals surface area contributed by atoms with Crippen molar-refractivity contribution in [2.24, 2.45) is 5.92 Å². The van der Waals surface area contributed by atoms with Gasteiger partial charge in [-0.25, -0.2) is 4.98 Å². The van der Waals surface area contributed by atoms with E-state index >= 15 is 0 Å². The molecule has 1 aromatic heterocycles. The summed E-state index contributed by atoms with van der Waals surface area (Å²) in [5.41, 5.74) is 0.674. The van der Waals surface area contributed by atoms with Crippen LogP contribution in [0.1, 0.15) is 30.3 Å². The number of aromatic nitrogens is 1. The minimum absolute atomic E-state index is 0.0626. The molecule has 1 fully saturated rings. The molecule has 2 aromatic rings. The summed E-state index contributed by atoms with van der Waals surface area (Å²) in [4.78, 5) is 16.9. The van der Waals surface area contributed by atoms with Crippen molar-refractivity contribution >= 4 is 17.2 Å². The number of nitrogens with one attached hydrogen (secondary N) is 1. The van der Waals surface area contributed by atoms with Gasteiger partial charge in [-0.05, 0) is 37.8 Å². The maximum absolute atomic E-state index is 12.4. The first kappa shape index (κ1) is 16.0. The Morgan fingerprint density at radius 2 is 2.22 bits per heavy atom. The predicted molar refractivity (Wildman–Crippen MR) is 89.8 cm³/mol. The molecule has 0 bridgehead atoms. The molecule has 1 atom stereocenters. The molecule has 1 saturated carbocycles. The molecule has 1 aliphatic carbocycles. The monoisotopic (exact) mass is 332 g/mol. The van der Waals surface area contributed by atoms with Crippen LogP contribution in [0.15, 0.2) is 29.6 Å². The van der Waals surface area contributed by atoms with Crippen LogP contribution in [0.4, 0.5) is 0 Å². The number of carbonyl (C=O) groups excluding carboxylic acids is 1. The molecule has 6 heteroatoms.